The van der Waals surface area contributed by atoms with E-state index in [4.69, 9.17) is 5.73 Å². The number of hydrogen-bond donors (Lipinski definition) is 1. The van der Waals surface area contributed by atoms with Crippen LogP contribution in [0.4, 0.5) is 0 Å². The topological polar surface area (TPSA) is 60.0 Å². The average molecular weight is 285 g/mol. The van der Waals surface area contributed by atoms with Crippen molar-refractivity contribution in [1.82, 2.24) is 19.7 Å². The largest absolute Gasteiger partial charge is 0.329 e. The van der Waals surface area contributed by atoms with Crippen LogP contribution in [0.5, 0.6) is 0 Å². The van der Waals surface area contributed by atoms with Crippen molar-refractivity contribution in [2.75, 3.05) is 13.1 Å². The molecule has 0 saturated carbocycles. The van der Waals surface area contributed by atoms with E-state index >= 15 is 0 Å². The summed E-state index contributed by atoms with van der Waals surface area (Å²) in [6, 6.07) is 4.74. The van der Waals surface area contributed by atoms with Gasteiger partial charge in [-0.1, -0.05) is 17.7 Å². The molecule has 0 amide bonds. The summed E-state index contributed by atoms with van der Waals surface area (Å²) in [4.78, 5) is 2.43. The van der Waals surface area contributed by atoms with Gasteiger partial charge in [-0.05, 0) is 37.5 Å². The normalized spacial score (nSPS) is 16.8. The zero-order chi connectivity index (χ0) is 15.0. The molecule has 1 aromatic heterocycles. The van der Waals surface area contributed by atoms with Gasteiger partial charge in [0.15, 0.2) is 0 Å². The van der Waals surface area contributed by atoms with Crippen LogP contribution in [-0.2, 0) is 13.1 Å². The van der Waals surface area contributed by atoms with Crippen LogP contribution < -0.4 is 5.73 Å². The number of rotatable bonds is 3. The quantitative estimate of drug-likeness (QED) is 0.933. The fourth-order valence-corrected chi connectivity index (χ4v) is 3.52. The van der Waals surface area contributed by atoms with E-state index in [1.807, 2.05) is 6.33 Å². The van der Waals surface area contributed by atoms with Crippen LogP contribution in [-0.4, -0.2) is 32.8 Å². The fraction of sp³-hybridized carbons (Fsp3) is 0.500. The van der Waals surface area contributed by atoms with Gasteiger partial charge in [0, 0.05) is 25.7 Å². The molecular formula is C16H23N5. The third-order valence-electron chi connectivity index (χ3n) is 4.40. The number of nitrogens with zero attached hydrogens (tertiary/aromatic N) is 4. The SMILES string of the molecule is Cc1cc(C)c(C(CN)N2CCn3cnnc3C2)c(C)c1. The summed E-state index contributed by atoms with van der Waals surface area (Å²) in [5.74, 6) is 1.03. The van der Waals surface area contributed by atoms with Gasteiger partial charge in [0.2, 0.25) is 0 Å². The Morgan fingerprint density at radius 3 is 2.57 bits per heavy atom. The minimum Gasteiger partial charge on any atom is -0.329 e. The highest BCUT2D eigenvalue weighted by Crippen LogP contribution is 2.29. The van der Waals surface area contributed by atoms with Crippen LogP contribution in [0.2, 0.25) is 0 Å². The van der Waals surface area contributed by atoms with Crippen molar-refractivity contribution >= 4 is 0 Å². The maximum Gasteiger partial charge on any atom is 0.147 e. The molecular weight excluding hydrogens is 262 g/mol. The smallest absolute Gasteiger partial charge is 0.147 e. The molecule has 112 valence electrons. The van der Waals surface area contributed by atoms with Crippen molar-refractivity contribution in [2.24, 2.45) is 5.73 Å². The van der Waals surface area contributed by atoms with Crippen molar-refractivity contribution in [3.63, 3.8) is 0 Å². The van der Waals surface area contributed by atoms with E-state index in [-0.39, 0.29) is 6.04 Å². The number of aryl methyl sites for hydroxylation is 3. The molecule has 1 aromatic carbocycles. The monoisotopic (exact) mass is 285 g/mol. The molecule has 1 unspecified atom stereocenters. The number of aromatic nitrogens is 3. The third-order valence-corrected chi connectivity index (χ3v) is 4.40. The number of fused-ring (bicyclic) bond motifs is 1. The van der Waals surface area contributed by atoms with E-state index in [9.17, 15) is 0 Å². The zero-order valence-electron chi connectivity index (χ0n) is 13.0. The van der Waals surface area contributed by atoms with Crippen molar-refractivity contribution in [1.29, 1.82) is 0 Å². The van der Waals surface area contributed by atoms with Crippen LogP contribution in [0, 0.1) is 20.8 Å². The third kappa shape index (κ3) is 2.59. The Hall–Kier alpha value is -1.72. The molecule has 0 bridgehead atoms. The maximum atomic E-state index is 6.12. The van der Waals surface area contributed by atoms with Gasteiger partial charge in [0.1, 0.15) is 12.2 Å². The second kappa shape index (κ2) is 5.58. The van der Waals surface area contributed by atoms with Gasteiger partial charge < -0.3 is 10.3 Å². The standard InChI is InChI=1S/C16H23N5/c1-11-6-12(2)16(13(3)7-11)14(8-17)20-4-5-21-10-18-19-15(21)9-20/h6-7,10,14H,4-5,8-9,17H2,1-3H3. The zero-order valence-corrected chi connectivity index (χ0v) is 13.0. The lowest BCUT2D eigenvalue weighted by atomic mass is 9.93. The van der Waals surface area contributed by atoms with Gasteiger partial charge in [-0.15, -0.1) is 10.2 Å². The van der Waals surface area contributed by atoms with E-state index in [1.54, 1.807) is 0 Å². The molecule has 21 heavy (non-hydrogen) atoms. The van der Waals surface area contributed by atoms with Crippen LogP contribution in [0.25, 0.3) is 0 Å². The molecule has 0 radical (unpaired) electrons. The summed E-state index contributed by atoms with van der Waals surface area (Å²) in [5.41, 5.74) is 11.5. The minimum absolute atomic E-state index is 0.246. The molecule has 5 nitrogen and oxygen atoms in total. The van der Waals surface area contributed by atoms with Crippen LogP contribution in [0.3, 0.4) is 0 Å². The van der Waals surface area contributed by atoms with Crippen molar-refractivity contribution in [3.8, 4) is 0 Å². The first-order valence-corrected chi connectivity index (χ1v) is 7.48. The first-order valence-electron chi connectivity index (χ1n) is 7.48. The van der Waals surface area contributed by atoms with E-state index in [2.05, 4.69) is 52.6 Å². The summed E-state index contributed by atoms with van der Waals surface area (Å²) in [5, 5.41) is 8.20. The molecule has 5 heteroatoms. The molecule has 2 heterocycles. The van der Waals surface area contributed by atoms with Gasteiger partial charge in [-0.3, -0.25) is 4.90 Å². The summed E-state index contributed by atoms with van der Waals surface area (Å²) in [6.45, 7) is 9.87. The molecule has 2 N–H and O–H groups in total. The van der Waals surface area contributed by atoms with Crippen molar-refractivity contribution in [2.45, 2.75) is 39.9 Å². The predicted octanol–water partition coefficient (Wildman–Crippen LogP) is 1.72. The van der Waals surface area contributed by atoms with Crippen LogP contribution >= 0.6 is 0 Å². The number of benzene rings is 1. The lowest BCUT2D eigenvalue weighted by Crippen LogP contribution is -2.40. The van der Waals surface area contributed by atoms with E-state index in [1.165, 1.54) is 22.3 Å². The molecule has 1 aliphatic rings. The molecule has 1 atom stereocenters. The average Bonchev–Trinajstić information content (AvgIpc) is 2.89. The van der Waals surface area contributed by atoms with Crippen LogP contribution in [0.1, 0.15) is 34.1 Å². The molecule has 1 aliphatic heterocycles. The Labute approximate surface area is 125 Å². The number of hydrogen-bond acceptors (Lipinski definition) is 4. The molecule has 2 aromatic rings. The Morgan fingerprint density at radius 1 is 1.19 bits per heavy atom. The van der Waals surface area contributed by atoms with Crippen molar-refractivity contribution < 1.29 is 0 Å². The summed E-state index contributed by atoms with van der Waals surface area (Å²) in [7, 11) is 0. The minimum atomic E-state index is 0.246. The Morgan fingerprint density at radius 2 is 1.90 bits per heavy atom. The first kappa shape index (κ1) is 14.2. The molecule has 3 rings (SSSR count). The van der Waals surface area contributed by atoms with Crippen molar-refractivity contribution in [3.05, 3.63) is 46.5 Å². The summed E-state index contributed by atoms with van der Waals surface area (Å²) in [6.07, 6.45) is 1.81. The second-order valence-corrected chi connectivity index (χ2v) is 5.97. The van der Waals surface area contributed by atoms with E-state index < -0.39 is 0 Å². The molecule has 0 aliphatic carbocycles. The summed E-state index contributed by atoms with van der Waals surface area (Å²) >= 11 is 0. The predicted molar refractivity (Wildman–Crippen MR) is 82.9 cm³/mol. The Balaban J connectivity index is 1.93. The van der Waals surface area contributed by atoms with E-state index in [0.717, 1.165) is 25.5 Å². The van der Waals surface area contributed by atoms with E-state index in [0.29, 0.717) is 6.54 Å². The van der Waals surface area contributed by atoms with Gasteiger partial charge in [0.25, 0.3) is 0 Å². The fourth-order valence-electron chi connectivity index (χ4n) is 3.52. The molecule has 0 saturated heterocycles. The molecule has 0 fully saturated rings. The van der Waals surface area contributed by atoms with Gasteiger partial charge in [-0.2, -0.15) is 0 Å². The second-order valence-electron chi connectivity index (χ2n) is 5.97. The summed E-state index contributed by atoms with van der Waals surface area (Å²) < 4.78 is 2.12. The van der Waals surface area contributed by atoms with Crippen LogP contribution in [0.15, 0.2) is 18.5 Å². The maximum absolute atomic E-state index is 6.12. The first-order chi connectivity index (χ1) is 10.1. The Bertz CT molecular complexity index is 623. The lowest BCUT2D eigenvalue weighted by molar-refractivity contribution is 0.155. The van der Waals surface area contributed by atoms with Gasteiger partial charge >= 0.3 is 0 Å². The Kier molecular flexibility index (Phi) is 3.78. The highest BCUT2D eigenvalue weighted by molar-refractivity contribution is 5.40. The van der Waals surface area contributed by atoms with Gasteiger partial charge in [0.05, 0.1) is 6.54 Å². The van der Waals surface area contributed by atoms with Gasteiger partial charge in [-0.25, -0.2) is 0 Å². The highest BCUT2D eigenvalue weighted by atomic mass is 15.3. The molecule has 0 spiro atoms. The highest BCUT2D eigenvalue weighted by Gasteiger charge is 2.26. The lowest BCUT2D eigenvalue weighted by Gasteiger charge is -2.35. The number of nitrogens with two attached hydrogens (primary N) is 1.